The number of nitrogens with zero attached hydrogens (tertiary/aromatic N) is 1. The molecule has 0 amide bonds. The van der Waals surface area contributed by atoms with Crippen LogP contribution in [0.3, 0.4) is 0 Å². The van der Waals surface area contributed by atoms with Gasteiger partial charge in [-0.05, 0) is 65.6 Å². The van der Waals surface area contributed by atoms with Gasteiger partial charge in [0, 0.05) is 18.1 Å². The summed E-state index contributed by atoms with van der Waals surface area (Å²) in [5.41, 5.74) is 2.46. The summed E-state index contributed by atoms with van der Waals surface area (Å²) in [6, 6.07) is 10.5. The van der Waals surface area contributed by atoms with Gasteiger partial charge in [0.2, 0.25) is 0 Å². The molecule has 4 heteroatoms. The van der Waals surface area contributed by atoms with Crippen molar-refractivity contribution in [3.05, 3.63) is 51.9 Å². The second-order valence-corrected chi connectivity index (χ2v) is 6.19. The van der Waals surface area contributed by atoms with Gasteiger partial charge >= 0.3 is 0 Å². The predicted molar refractivity (Wildman–Crippen MR) is 91.7 cm³/mol. The Morgan fingerprint density at radius 2 is 2.05 bits per heavy atom. The Kier molecular flexibility index (Phi) is 5.88. The first kappa shape index (κ1) is 16.1. The van der Waals surface area contributed by atoms with Crippen LogP contribution in [0.4, 0.5) is 5.69 Å². The summed E-state index contributed by atoms with van der Waals surface area (Å²) < 4.78 is 6.75. The van der Waals surface area contributed by atoms with Gasteiger partial charge in [0.05, 0.1) is 12.2 Å². The van der Waals surface area contributed by atoms with Gasteiger partial charge in [-0.1, -0.05) is 13.0 Å². The zero-order valence-corrected chi connectivity index (χ0v) is 14.5. The number of hydrogen-bond acceptors (Lipinski definition) is 3. The normalized spacial score (nSPS) is 10.9. The lowest BCUT2D eigenvalue weighted by atomic mass is 10.2. The number of furan rings is 1. The van der Waals surface area contributed by atoms with E-state index in [-0.39, 0.29) is 0 Å². The SMILES string of the molecule is CCCNCc1ccc(N(C)Cc2ccc(C)o2)c(Br)c1. The third kappa shape index (κ3) is 4.61. The number of nitrogens with one attached hydrogen (secondary N) is 1. The molecule has 1 N–H and O–H groups in total. The van der Waals surface area contributed by atoms with E-state index in [0.717, 1.165) is 42.0 Å². The van der Waals surface area contributed by atoms with Crippen LogP contribution in [-0.2, 0) is 13.1 Å². The maximum absolute atomic E-state index is 5.64. The summed E-state index contributed by atoms with van der Waals surface area (Å²) >= 11 is 3.68. The molecule has 0 bridgehead atoms. The van der Waals surface area contributed by atoms with Gasteiger partial charge in [-0.15, -0.1) is 0 Å². The highest BCUT2D eigenvalue weighted by molar-refractivity contribution is 9.10. The Labute approximate surface area is 135 Å². The van der Waals surface area contributed by atoms with Gasteiger partial charge in [-0.25, -0.2) is 0 Å². The Bertz CT molecular complexity index is 580. The van der Waals surface area contributed by atoms with Crippen LogP contribution in [-0.4, -0.2) is 13.6 Å². The topological polar surface area (TPSA) is 28.4 Å². The molecule has 1 aromatic heterocycles. The second kappa shape index (κ2) is 7.66. The van der Waals surface area contributed by atoms with Crippen molar-refractivity contribution in [2.75, 3.05) is 18.5 Å². The Balaban J connectivity index is 2.02. The van der Waals surface area contributed by atoms with E-state index in [1.807, 2.05) is 19.1 Å². The molecule has 114 valence electrons. The molecule has 0 saturated heterocycles. The summed E-state index contributed by atoms with van der Waals surface area (Å²) in [7, 11) is 2.08. The number of rotatable bonds is 7. The smallest absolute Gasteiger partial charge is 0.123 e. The molecule has 21 heavy (non-hydrogen) atoms. The zero-order chi connectivity index (χ0) is 15.2. The van der Waals surface area contributed by atoms with E-state index < -0.39 is 0 Å². The number of anilines is 1. The van der Waals surface area contributed by atoms with E-state index >= 15 is 0 Å². The lowest BCUT2D eigenvalue weighted by Gasteiger charge is -2.20. The van der Waals surface area contributed by atoms with Gasteiger partial charge in [0.15, 0.2) is 0 Å². The van der Waals surface area contributed by atoms with Crippen LogP contribution in [0.5, 0.6) is 0 Å². The van der Waals surface area contributed by atoms with Crippen molar-refractivity contribution in [1.82, 2.24) is 5.32 Å². The van der Waals surface area contributed by atoms with Crippen molar-refractivity contribution in [2.24, 2.45) is 0 Å². The maximum atomic E-state index is 5.64. The fraction of sp³-hybridized carbons (Fsp3) is 0.412. The Hall–Kier alpha value is -1.26. The van der Waals surface area contributed by atoms with Crippen LogP contribution in [0, 0.1) is 6.92 Å². The first-order valence-corrected chi connectivity index (χ1v) is 8.15. The first-order valence-electron chi connectivity index (χ1n) is 7.35. The molecule has 0 radical (unpaired) electrons. The van der Waals surface area contributed by atoms with E-state index in [2.05, 4.69) is 58.3 Å². The number of hydrogen-bond donors (Lipinski definition) is 1. The van der Waals surface area contributed by atoms with Gasteiger partial charge in [-0.2, -0.15) is 0 Å². The molecule has 2 rings (SSSR count). The molecule has 1 aromatic carbocycles. The molecule has 0 aliphatic heterocycles. The largest absolute Gasteiger partial charge is 0.464 e. The van der Waals surface area contributed by atoms with Crippen LogP contribution >= 0.6 is 15.9 Å². The van der Waals surface area contributed by atoms with Gasteiger partial charge in [0.1, 0.15) is 11.5 Å². The van der Waals surface area contributed by atoms with E-state index in [0.29, 0.717) is 0 Å². The van der Waals surface area contributed by atoms with E-state index in [1.54, 1.807) is 0 Å². The summed E-state index contributed by atoms with van der Waals surface area (Å²) in [5, 5.41) is 3.42. The van der Waals surface area contributed by atoms with Gasteiger partial charge < -0.3 is 14.6 Å². The minimum absolute atomic E-state index is 0.764. The summed E-state index contributed by atoms with van der Waals surface area (Å²) in [6.07, 6.45) is 1.16. The molecule has 0 saturated carbocycles. The molecule has 0 atom stereocenters. The molecule has 2 aromatic rings. The van der Waals surface area contributed by atoms with Crippen molar-refractivity contribution in [3.63, 3.8) is 0 Å². The van der Waals surface area contributed by atoms with Crippen LogP contribution in [0.25, 0.3) is 0 Å². The van der Waals surface area contributed by atoms with Crippen LogP contribution in [0.1, 0.15) is 30.4 Å². The maximum Gasteiger partial charge on any atom is 0.123 e. The number of benzene rings is 1. The molecule has 0 fully saturated rings. The molecular formula is C17H23BrN2O. The zero-order valence-electron chi connectivity index (χ0n) is 12.9. The van der Waals surface area contributed by atoms with Crippen molar-refractivity contribution >= 4 is 21.6 Å². The molecular weight excluding hydrogens is 328 g/mol. The molecule has 0 spiro atoms. The van der Waals surface area contributed by atoms with Crippen LogP contribution in [0.2, 0.25) is 0 Å². The average Bonchev–Trinajstić information content (AvgIpc) is 2.84. The van der Waals surface area contributed by atoms with E-state index in [4.69, 9.17) is 4.42 Å². The molecule has 1 heterocycles. The minimum atomic E-state index is 0.764. The summed E-state index contributed by atoms with van der Waals surface area (Å²) in [5.74, 6) is 1.94. The summed E-state index contributed by atoms with van der Waals surface area (Å²) in [4.78, 5) is 2.19. The molecule has 3 nitrogen and oxygen atoms in total. The molecule has 0 unspecified atom stereocenters. The standard InChI is InChI=1S/C17H23BrN2O/c1-4-9-19-11-14-6-8-17(16(18)10-14)20(3)12-15-7-5-13(2)21-15/h5-8,10,19H,4,9,11-12H2,1-3H3. The van der Waals surface area contributed by atoms with Crippen LogP contribution < -0.4 is 10.2 Å². The van der Waals surface area contributed by atoms with Gasteiger partial charge in [0.25, 0.3) is 0 Å². The van der Waals surface area contributed by atoms with Gasteiger partial charge in [-0.3, -0.25) is 0 Å². The third-order valence-electron chi connectivity index (χ3n) is 3.37. The Morgan fingerprint density at radius 1 is 1.24 bits per heavy atom. The average molecular weight is 351 g/mol. The fourth-order valence-electron chi connectivity index (χ4n) is 2.27. The monoisotopic (exact) mass is 350 g/mol. The van der Waals surface area contributed by atoms with Crippen LogP contribution in [0.15, 0.2) is 39.2 Å². The van der Waals surface area contributed by atoms with E-state index in [1.165, 1.54) is 11.3 Å². The van der Waals surface area contributed by atoms with E-state index in [9.17, 15) is 0 Å². The highest BCUT2D eigenvalue weighted by Gasteiger charge is 2.09. The molecule has 0 aliphatic rings. The minimum Gasteiger partial charge on any atom is -0.464 e. The third-order valence-corrected chi connectivity index (χ3v) is 4.00. The second-order valence-electron chi connectivity index (χ2n) is 5.33. The lowest BCUT2D eigenvalue weighted by Crippen LogP contribution is -2.17. The van der Waals surface area contributed by atoms with Crippen molar-refractivity contribution in [2.45, 2.75) is 33.4 Å². The van der Waals surface area contributed by atoms with Crippen molar-refractivity contribution < 1.29 is 4.42 Å². The highest BCUT2D eigenvalue weighted by Crippen LogP contribution is 2.28. The number of aryl methyl sites for hydroxylation is 1. The number of halogens is 1. The summed E-state index contributed by atoms with van der Waals surface area (Å²) in [6.45, 7) is 6.87. The quantitative estimate of drug-likeness (QED) is 0.746. The lowest BCUT2D eigenvalue weighted by molar-refractivity contribution is 0.481. The van der Waals surface area contributed by atoms with Crippen molar-refractivity contribution in [1.29, 1.82) is 0 Å². The molecule has 0 aliphatic carbocycles. The Morgan fingerprint density at radius 3 is 2.67 bits per heavy atom. The highest BCUT2D eigenvalue weighted by atomic mass is 79.9. The first-order chi connectivity index (χ1) is 10.1. The fourth-order valence-corrected chi connectivity index (χ4v) is 3.00. The van der Waals surface area contributed by atoms with Crippen molar-refractivity contribution in [3.8, 4) is 0 Å². The predicted octanol–water partition coefficient (Wildman–Crippen LogP) is 4.49.